The summed E-state index contributed by atoms with van der Waals surface area (Å²) in [6.07, 6.45) is 1.59. The number of benzene rings is 1. The van der Waals surface area contributed by atoms with Crippen LogP contribution in [0.4, 0.5) is 0 Å². The van der Waals surface area contributed by atoms with Crippen molar-refractivity contribution in [3.05, 3.63) is 40.3 Å². The van der Waals surface area contributed by atoms with Crippen LogP contribution in [-0.2, 0) is 9.53 Å². The van der Waals surface area contributed by atoms with Gasteiger partial charge in [-0.25, -0.2) is 4.79 Å². The molecule has 7 heteroatoms. The van der Waals surface area contributed by atoms with E-state index < -0.39 is 5.97 Å². The second-order valence-electron chi connectivity index (χ2n) is 4.80. The van der Waals surface area contributed by atoms with Crippen molar-refractivity contribution >= 4 is 34.9 Å². The van der Waals surface area contributed by atoms with E-state index in [1.54, 1.807) is 24.3 Å². The van der Waals surface area contributed by atoms with E-state index in [0.717, 1.165) is 0 Å². The maximum atomic E-state index is 12.0. The first-order valence-electron chi connectivity index (χ1n) is 6.83. The van der Waals surface area contributed by atoms with E-state index in [1.807, 2.05) is 4.90 Å². The highest BCUT2D eigenvalue weighted by Crippen LogP contribution is 2.31. The van der Waals surface area contributed by atoms with Crippen LogP contribution in [0.3, 0.4) is 0 Å². The van der Waals surface area contributed by atoms with Crippen LogP contribution < -0.4 is 0 Å². The quantitative estimate of drug-likeness (QED) is 0.836. The fraction of sp³-hybridized carbons (Fsp3) is 0.267. The third-order valence-electron chi connectivity index (χ3n) is 3.37. The lowest BCUT2D eigenvalue weighted by Crippen LogP contribution is -2.38. The van der Waals surface area contributed by atoms with Gasteiger partial charge in [-0.1, -0.05) is 18.2 Å². The molecule has 2 aliphatic heterocycles. The summed E-state index contributed by atoms with van der Waals surface area (Å²) in [6, 6.07) is 6.59. The number of ether oxygens (including phenoxy) is 1. The van der Waals surface area contributed by atoms with Gasteiger partial charge in [-0.15, -0.1) is 0 Å². The summed E-state index contributed by atoms with van der Waals surface area (Å²) in [4.78, 5) is 29.8. The molecule has 1 saturated heterocycles. The Hall–Kier alpha value is -2.12. The van der Waals surface area contributed by atoms with Gasteiger partial charge < -0.3 is 14.7 Å². The molecule has 1 fully saturated rings. The van der Waals surface area contributed by atoms with Crippen LogP contribution in [0.1, 0.15) is 15.9 Å². The molecule has 114 valence electrons. The fourth-order valence-corrected chi connectivity index (χ4v) is 3.20. The van der Waals surface area contributed by atoms with Crippen LogP contribution in [0.5, 0.6) is 0 Å². The van der Waals surface area contributed by atoms with E-state index in [-0.39, 0.29) is 11.5 Å². The van der Waals surface area contributed by atoms with Gasteiger partial charge in [0.1, 0.15) is 0 Å². The molecule has 1 aromatic rings. The summed E-state index contributed by atoms with van der Waals surface area (Å²) in [5, 5.41) is 9.85. The maximum Gasteiger partial charge on any atom is 0.336 e. The number of amidine groups is 1. The maximum absolute atomic E-state index is 12.0. The number of carboxylic acids is 1. The van der Waals surface area contributed by atoms with E-state index >= 15 is 0 Å². The minimum absolute atomic E-state index is 0.170. The summed E-state index contributed by atoms with van der Waals surface area (Å²) in [5.41, 5.74) is 0.674. The average Bonchev–Trinajstić information content (AvgIpc) is 2.90. The van der Waals surface area contributed by atoms with Gasteiger partial charge in [0.25, 0.3) is 5.91 Å². The molecule has 0 atom stereocenters. The molecule has 0 bridgehead atoms. The van der Waals surface area contributed by atoms with Crippen molar-refractivity contribution in [3.8, 4) is 0 Å². The molecular weight excluding hydrogens is 304 g/mol. The molecule has 0 spiro atoms. The van der Waals surface area contributed by atoms with Gasteiger partial charge in [0.15, 0.2) is 5.17 Å². The van der Waals surface area contributed by atoms with E-state index in [9.17, 15) is 14.7 Å². The van der Waals surface area contributed by atoms with Crippen LogP contribution in [0.25, 0.3) is 6.08 Å². The molecule has 1 N–H and O–H groups in total. The number of morpholine rings is 1. The second kappa shape index (κ2) is 6.33. The number of carboxylic acid groups (broad SMARTS) is 1. The van der Waals surface area contributed by atoms with E-state index in [4.69, 9.17) is 4.74 Å². The van der Waals surface area contributed by atoms with E-state index in [2.05, 4.69) is 4.99 Å². The van der Waals surface area contributed by atoms with Crippen molar-refractivity contribution in [3.63, 3.8) is 0 Å². The summed E-state index contributed by atoms with van der Waals surface area (Å²) in [5.74, 6) is -1.34. The lowest BCUT2D eigenvalue weighted by molar-refractivity contribution is -0.113. The van der Waals surface area contributed by atoms with Crippen molar-refractivity contribution in [2.24, 2.45) is 4.99 Å². The molecule has 0 aliphatic carbocycles. The molecular formula is C15H14N2O4S. The highest BCUT2D eigenvalue weighted by Gasteiger charge is 2.27. The first-order chi connectivity index (χ1) is 10.6. The Kier molecular flexibility index (Phi) is 4.26. The lowest BCUT2D eigenvalue weighted by Gasteiger charge is -2.27. The van der Waals surface area contributed by atoms with Crippen molar-refractivity contribution < 1.29 is 19.4 Å². The van der Waals surface area contributed by atoms with Gasteiger partial charge in [-0.3, -0.25) is 4.79 Å². The molecule has 6 nitrogen and oxygen atoms in total. The standard InChI is InChI=1S/C15H14N2O4S/c18-13-12(9-10-3-1-2-4-11(10)14(19)20)22-15(16-13)17-5-7-21-8-6-17/h1-4,9H,5-8H2,(H,19,20). The zero-order valence-corrected chi connectivity index (χ0v) is 12.5. The van der Waals surface area contributed by atoms with Gasteiger partial charge in [-0.2, -0.15) is 4.99 Å². The molecule has 0 aromatic heterocycles. The zero-order chi connectivity index (χ0) is 15.5. The highest BCUT2D eigenvalue weighted by molar-refractivity contribution is 8.18. The molecule has 0 radical (unpaired) electrons. The number of carbonyl (C=O) groups is 2. The highest BCUT2D eigenvalue weighted by atomic mass is 32.2. The van der Waals surface area contributed by atoms with Crippen LogP contribution in [0, 0.1) is 0 Å². The molecule has 22 heavy (non-hydrogen) atoms. The number of amides is 1. The third-order valence-corrected chi connectivity index (χ3v) is 4.41. The van der Waals surface area contributed by atoms with Gasteiger partial charge in [0, 0.05) is 13.1 Å². The second-order valence-corrected chi connectivity index (χ2v) is 5.81. The Balaban J connectivity index is 1.82. The number of carbonyl (C=O) groups excluding carboxylic acids is 1. The van der Waals surface area contributed by atoms with Gasteiger partial charge >= 0.3 is 5.97 Å². The number of hydrogen-bond acceptors (Lipinski definition) is 5. The summed E-state index contributed by atoms with van der Waals surface area (Å²) in [7, 11) is 0. The fourth-order valence-electron chi connectivity index (χ4n) is 2.25. The van der Waals surface area contributed by atoms with Crippen LogP contribution >= 0.6 is 11.8 Å². The van der Waals surface area contributed by atoms with Crippen molar-refractivity contribution in [2.45, 2.75) is 0 Å². The first kappa shape index (κ1) is 14.8. The molecule has 2 aliphatic rings. The van der Waals surface area contributed by atoms with Gasteiger partial charge in [-0.05, 0) is 29.5 Å². The molecule has 1 amide bonds. The Labute approximate surface area is 131 Å². The number of aromatic carboxylic acids is 1. The summed E-state index contributed by atoms with van der Waals surface area (Å²) < 4.78 is 5.28. The Morgan fingerprint density at radius 3 is 2.77 bits per heavy atom. The number of aliphatic imine (C=N–C) groups is 1. The normalized spacial score (nSPS) is 20.4. The summed E-state index contributed by atoms with van der Waals surface area (Å²) >= 11 is 1.28. The van der Waals surface area contributed by atoms with Gasteiger partial charge in [0.2, 0.25) is 0 Å². The molecule has 0 unspecified atom stereocenters. The minimum Gasteiger partial charge on any atom is -0.478 e. The smallest absolute Gasteiger partial charge is 0.336 e. The Morgan fingerprint density at radius 2 is 2.05 bits per heavy atom. The van der Waals surface area contributed by atoms with Gasteiger partial charge in [0.05, 0.1) is 23.7 Å². The van der Waals surface area contributed by atoms with E-state index in [1.165, 1.54) is 17.8 Å². The topological polar surface area (TPSA) is 79.2 Å². The molecule has 1 aromatic carbocycles. The SMILES string of the molecule is O=C1N=C(N2CCOCC2)SC1=Cc1ccccc1C(=O)O. The Bertz CT molecular complexity index is 678. The average molecular weight is 318 g/mol. The number of nitrogens with zero attached hydrogens (tertiary/aromatic N) is 2. The van der Waals surface area contributed by atoms with E-state index in [0.29, 0.717) is 41.9 Å². The molecule has 2 heterocycles. The van der Waals surface area contributed by atoms with Crippen LogP contribution in [0.15, 0.2) is 34.2 Å². The van der Waals surface area contributed by atoms with Crippen molar-refractivity contribution in [2.75, 3.05) is 26.3 Å². The molecule has 3 rings (SSSR count). The Morgan fingerprint density at radius 1 is 1.32 bits per heavy atom. The van der Waals surface area contributed by atoms with Crippen molar-refractivity contribution in [1.82, 2.24) is 4.90 Å². The summed E-state index contributed by atoms with van der Waals surface area (Å²) in [6.45, 7) is 2.65. The predicted molar refractivity (Wildman–Crippen MR) is 83.8 cm³/mol. The minimum atomic E-state index is -1.02. The molecule has 0 saturated carbocycles. The largest absolute Gasteiger partial charge is 0.478 e. The van der Waals surface area contributed by atoms with Crippen LogP contribution in [-0.4, -0.2) is 53.4 Å². The number of hydrogen-bond donors (Lipinski definition) is 1. The number of rotatable bonds is 2. The number of thioether (sulfide) groups is 1. The predicted octanol–water partition coefficient (Wildman–Crippen LogP) is 1.69. The first-order valence-corrected chi connectivity index (χ1v) is 7.64. The zero-order valence-electron chi connectivity index (χ0n) is 11.7. The van der Waals surface area contributed by atoms with Crippen molar-refractivity contribution in [1.29, 1.82) is 0 Å². The lowest BCUT2D eigenvalue weighted by atomic mass is 10.1. The monoisotopic (exact) mass is 318 g/mol. The van der Waals surface area contributed by atoms with Crippen LogP contribution in [0.2, 0.25) is 0 Å². The third kappa shape index (κ3) is 3.05.